The van der Waals surface area contributed by atoms with Crippen molar-refractivity contribution in [3.05, 3.63) is 59.2 Å². The lowest BCUT2D eigenvalue weighted by Crippen LogP contribution is -1.92. The number of nitrogens with zero attached hydrogens (tertiary/aromatic N) is 2. The molecule has 1 heterocycles. The first kappa shape index (κ1) is 13.2. The van der Waals surface area contributed by atoms with E-state index in [1.54, 1.807) is 42.6 Å². The molecule has 0 aliphatic rings. The van der Waals surface area contributed by atoms with Gasteiger partial charge in [-0.25, -0.2) is 0 Å². The van der Waals surface area contributed by atoms with Gasteiger partial charge >= 0.3 is 0 Å². The predicted octanol–water partition coefficient (Wildman–Crippen LogP) is 4.13. The van der Waals surface area contributed by atoms with E-state index in [-0.39, 0.29) is 0 Å². The van der Waals surface area contributed by atoms with E-state index < -0.39 is 0 Å². The van der Waals surface area contributed by atoms with Crippen LogP contribution in [0.3, 0.4) is 0 Å². The second-order valence-corrected chi connectivity index (χ2v) is 4.88. The van der Waals surface area contributed by atoms with Crippen LogP contribution in [0.15, 0.2) is 48.7 Å². The van der Waals surface area contributed by atoms with Gasteiger partial charge in [-0.2, -0.15) is 5.26 Å². The molecule has 2 N–H and O–H groups in total. The summed E-state index contributed by atoms with van der Waals surface area (Å²) < 4.78 is 5.85. The number of halogens is 1. The minimum Gasteiger partial charge on any atom is -0.455 e. The number of fused-ring (bicyclic) bond motifs is 1. The first-order chi connectivity index (χ1) is 10.2. The van der Waals surface area contributed by atoms with Crippen molar-refractivity contribution in [3.63, 3.8) is 0 Å². The molecule has 0 aliphatic heterocycles. The lowest BCUT2D eigenvalue weighted by molar-refractivity contribution is 0.486. The molecule has 0 atom stereocenters. The number of nitriles is 1. The Labute approximate surface area is 126 Å². The monoisotopic (exact) mass is 295 g/mol. The Balaban J connectivity index is 2.09. The first-order valence-electron chi connectivity index (χ1n) is 6.19. The van der Waals surface area contributed by atoms with Crippen molar-refractivity contribution in [2.45, 2.75) is 0 Å². The number of nitrogen functional groups attached to an aromatic ring is 1. The van der Waals surface area contributed by atoms with E-state index in [1.165, 1.54) is 0 Å². The number of aromatic nitrogens is 1. The highest BCUT2D eigenvalue weighted by atomic mass is 35.5. The molecule has 0 amide bonds. The second kappa shape index (κ2) is 5.31. The zero-order chi connectivity index (χ0) is 14.8. The van der Waals surface area contributed by atoms with E-state index in [0.717, 1.165) is 10.9 Å². The molecule has 0 fully saturated rings. The van der Waals surface area contributed by atoms with Crippen molar-refractivity contribution in [2.75, 3.05) is 5.73 Å². The number of pyridine rings is 1. The van der Waals surface area contributed by atoms with Gasteiger partial charge in [0.05, 0.1) is 11.1 Å². The van der Waals surface area contributed by atoms with Crippen molar-refractivity contribution in [1.29, 1.82) is 5.26 Å². The Morgan fingerprint density at radius 3 is 2.76 bits per heavy atom. The average molecular weight is 296 g/mol. The molecule has 1 aromatic heterocycles. The number of rotatable bonds is 2. The molecule has 3 aromatic rings. The SMILES string of the molecule is N#Cc1cc(N)ccc1Oc1ccnc2cc(Cl)ccc12. The van der Waals surface area contributed by atoms with E-state index in [9.17, 15) is 0 Å². The standard InChI is InChI=1S/C16H10ClN3O/c17-11-1-3-13-14(8-11)20-6-5-16(13)21-15-4-2-12(19)7-10(15)9-18/h1-8H,19H2. The molecule has 5 heteroatoms. The minimum atomic E-state index is 0.383. The smallest absolute Gasteiger partial charge is 0.145 e. The van der Waals surface area contributed by atoms with Gasteiger partial charge in [-0.15, -0.1) is 0 Å². The Bertz CT molecular complexity index is 871. The zero-order valence-corrected chi connectivity index (χ0v) is 11.6. The molecule has 0 unspecified atom stereocenters. The predicted molar refractivity (Wildman–Crippen MR) is 82.4 cm³/mol. The van der Waals surface area contributed by atoms with Crippen LogP contribution in [0, 0.1) is 11.3 Å². The summed E-state index contributed by atoms with van der Waals surface area (Å²) in [7, 11) is 0. The summed E-state index contributed by atoms with van der Waals surface area (Å²) in [6.07, 6.45) is 1.64. The average Bonchev–Trinajstić information content (AvgIpc) is 2.49. The molecule has 102 valence electrons. The molecule has 2 aromatic carbocycles. The highest BCUT2D eigenvalue weighted by Crippen LogP contribution is 2.32. The summed E-state index contributed by atoms with van der Waals surface area (Å²) in [5, 5.41) is 10.6. The van der Waals surface area contributed by atoms with Gasteiger partial charge in [-0.3, -0.25) is 4.98 Å². The fourth-order valence-electron chi connectivity index (χ4n) is 2.03. The fourth-order valence-corrected chi connectivity index (χ4v) is 2.19. The summed E-state index contributed by atoms with van der Waals surface area (Å²) in [6.45, 7) is 0. The van der Waals surface area contributed by atoms with Gasteiger partial charge in [0, 0.05) is 22.3 Å². The third-order valence-electron chi connectivity index (χ3n) is 3.01. The van der Waals surface area contributed by atoms with E-state index >= 15 is 0 Å². The van der Waals surface area contributed by atoms with Crippen molar-refractivity contribution in [1.82, 2.24) is 4.98 Å². The third-order valence-corrected chi connectivity index (χ3v) is 3.24. The van der Waals surface area contributed by atoms with Crippen LogP contribution in [-0.4, -0.2) is 4.98 Å². The van der Waals surface area contributed by atoms with Crippen molar-refractivity contribution < 1.29 is 4.74 Å². The lowest BCUT2D eigenvalue weighted by Gasteiger charge is -2.10. The van der Waals surface area contributed by atoms with Gasteiger partial charge in [0.25, 0.3) is 0 Å². The summed E-state index contributed by atoms with van der Waals surface area (Å²) in [6, 6.07) is 14.1. The molecule has 0 radical (unpaired) electrons. The van der Waals surface area contributed by atoms with Crippen LogP contribution in [0.2, 0.25) is 5.02 Å². The normalized spacial score (nSPS) is 10.3. The second-order valence-electron chi connectivity index (χ2n) is 4.44. The van der Waals surface area contributed by atoms with E-state index in [2.05, 4.69) is 11.1 Å². The van der Waals surface area contributed by atoms with Crippen LogP contribution < -0.4 is 10.5 Å². The minimum absolute atomic E-state index is 0.383. The summed E-state index contributed by atoms with van der Waals surface area (Å²) in [5.74, 6) is 1.06. The maximum absolute atomic E-state index is 9.16. The molecule has 3 rings (SSSR count). The molecule has 0 aliphatic carbocycles. The molecule has 0 spiro atoms. The molecule has 0 bridgehead atoms. The number of nitrogens with two attached hydrogens (primary N) is 1. The van der Waals surface area contributed by atoms with Crippen LogP contribution in [0.5, 0.6) is 11.5 Å². The van der Waals surface area contributed by atoms with Gasteiger partial charge in [0.2, 0.25) is 0 Å². The quantitative estimate of drug-likeness (QED) is 0.721. The van der Waals surface area contributed by atoms with Gasteiger partial charge in [0.15, 0.2) is 0 Å². The van der Waals surface area contributed by atoms with E-state index in [4.69, 9.17) is 27.3 Å². The topological polar surface area (TPSA) is 71.9 Å². The van der Waals surface area contributed by atoms with Crippen molar-refractivity contribution in [2.24, 2.45) is 0 Å². The molecule has 0 saturated heterocycles. The molecule has 0 saturated carbocycles. The third kappa shape index (κ3) is 2.60. The van der Waals surface area contributed by atoms with E-state index in [0.29, 0.717) is 27.8 Å². The number of anilines is 1. The highest BCUT2D eigenvalue weighted by Gasteiger charge is 2.09. The zero-order valence-electron chi connectivity index (χ0n) is 10.9. The number of ether oxygens (including phenoxy) is 1. The largest absolute Gasteiger partial charge is 0.455 e. The number of hydrogen-bond acceptors (Lipinski definition) is 4. The van der Waals surface area contributed by atoms with Gasteiger partial charge in [-0.05, 0) is 42.5 Å². The molecular formula is C16H10ClN3O. The van der Waals surface area contributed by atoms with Crippen LogP contribution in [0.25, 0.3) is 10.9 Å². The van der Waals surface area contributed by atoms with Crippen LogP contribution in [0.1, 0.15) is 5.56 Å². The van der Waals surface area contributed by atoms with Crippen molar-refractivity contribution >= 4 is 28.2 Å². The highest BCUT2D eigenvalue weighted by molar-refractivity contribution is 6.31. The van der Waals surface area contributed by atoms with Crippen molar-refractivity contribution in [3.8, 4) is 17.6 Å². The molecule has 4 nitrogen and oxygen atoms in total. The van der Waals surface area contributed by atoms with Crippen LogP contribution in [-0.2, 0) is 0 Å². The maximum atomic E-state index is 9.16. The summed E-state index contributed by atoms with van der Waals surface area (Å²) in [4.78, 5) is 4.25. The van der Waals surface area contributed by atoms with Crippen LogP contribution in [0.4, 0.5) is 5.69 Å². The first-order valence-corrected chi connectivity index (χ1v) is 6.57. The van der Waals surface area contributed by atoms with Crippen LogP contribution >= 0.6 is 11.6 Å². The molecule has 21 heavy (non-hydrogen) atoms. The van der Waals surface area contributed by atoms with Gasteiger partial charge < -0.3 is 10.5 Å². The van der Waals surface area contributed by atoms with Gasteiger partial charge in [-0.1, -0.05) is 11.6 Å². The number of hydrogen-bond donors (Lipinski definition) is 1. The van der Waals surface area contributed by atoms with E-state index in [1.807, 2.05) is 6.07 Å². The molecular weight excluding hydrogens is 286 g/mol. The lowest BCUT2D eigenvalue weighted by atomic mass is 10.2. The van der Waals surface area contributed by atoms with Gasteiger partial charge in [0.1, 0.15) is 17.6 Å². The number of benzene rings is 2. The Morgan fingerprint density at radius 1 is 1.10 bits per heavy atom. The summed E-state index contributed by atoms with van der Waals surface area (Å²) in [5.41, 5.74) is 7.30. The Kier molecular flexibility index (Phi) is 3.35. The Hall–Kier alpha value is -2.77. The fraction of sp³-hybridized carbons (Fsp3) is 0. The summed E-state index contributed by atoms with van der Waals surface area (Å²) >= 11 is 5.96. The Morgan fingerprint density at radius 2 is 1.95 bits per heavy atom. The maximum Gasteiger partial charge on any atom is 0.145 e.